The summed E-state index contributed by atoms with van der Waals surface area (Å²) in [5.74, 6) is -0.581. The van der Waals surface area contributed by atoms with Gasteiger partial charge in [0.05, 0.1) is 6.42 Å². The van der Waals surface area contributed by atoms with Crippen LogP contribution >= 0.6 is 0 Å². The number of benzene rings is 1. The van der Waals surface area contributed by atoms with Crippen molar-refractivity contribution in [1.29, 1.82) is 0 Å². The Hall–Kier alpha value is -1.84. The number of aryl methyl sites for hydroxylation is 1. The zero-order chi connectivity index (χ0) is 12.1. The van der Waals surface area contributed by atoms with E-state index >= 15 is 0 Å². The number of hydrogen-bond acceptors (Lipinski definition) is 4. The monoisotopic (exact) mass is 234 g/mol. The normalized spacial score (nSPS) is 18.8. The minimum Gasteiger partial charge on any atom is -0.462 e. The molecule has 0 spiro atoms. The van der Waals surface area contributed by atoms with E-state index in [4.69, 9.17) is 9.47 Å². The Balaban J connectivity index is 1.73. The number of rotatable bonds is 4. The van der Waals surface area contributed by atoms with E-state index in [2.05, 4.69) is 0 Å². The molecule has 2 rings (SSSR count). The molecule has 1 aromatic rings. The smallest absolute Gasteiger partial charge is 0.309 e. The predicted octanol–water partition coefficient (Wildman–Crippen LogP) is 1.48. The molecule has 1 unspecified atom stereocenters. The summed E-state index contributed by atoms with van der Waals surface area (Å²) in [6.07, 6.45) is 0.762. The number of esters is 2. The predicted molar refractivity (Wildman–Crippen MR) is 60.2 cm³/mol. The molecule has 0 radical (unpaired) electrons. The summed E-state index contributed by atoms with van der Waals surface area (Å²) < 4.78 is 9.83. The highest BCUT2D eigenvalue weighted by Gasteiger charge is 2.26. The largest absolute Gasteiger partial charge is 0.462 e. The zero-order valence-corrected chi connectivity index (χ0v) is 9.43. The van der Waals surface area contributed by atoms with Crippen molar-refractivity contribution in [3.63, 3.8) is 0 Å². The molecular formula is C13H14O4. The van der Waals surface area contributed by atoms with Crippen molar-refractivity contribution in [3.05, 3.63) is 35.9 Å². The first-order valence-corrected chi connectivity index (χ1v) is 5.63. The van der Waals surface area contributed by atoms with E-state index in [1.165, 1.54) is 0 Å². The van der Waals surface area contributed by atoms with Crippen molar-refractivity contribution < 1.29 is 19.1 Å². The van der Waals surface area contributed by atoms with Gasteiger partial charge in [0.15, 0.2) is 0 Å². The molecule has 1 aliphatic rings. The highest BCUT2D eigenvalue weighted by Crippen LogP contribution is 2.11. The van der Waals surface area contributed by atoms with Crippen molar-refractivity contribution >= 4 is 11.9 Å². The number of carbonyl (C=O) groups is 2. The standard InChI is InChI=1S/C13H14O4/c14-12(17-11-8-13(15)16-9-11)7-6-10-4-2-1-3-5-10/h1-5,11H,6-9H2. The second-order valence-corrected chi connectivity index (χ2v) is 3.98. The summed E-state index contributed by atoms with van der Waals surface area (Å²) in [7, 11) is 0. The Morgan fingerprint density at radius 2 is 2.12 bits per heavy atom. The molecule has 1 fully saturated rings. The van der Waals surface area contributed by atoms with Gasteiger partial charge < -0.3 is 9.47 Å². The molecule has 17 heavy (non-hydrogen) atoms. The van der Waals surface area contributed by atoms with Crippen LogP contribution in [-0.4, -0.2) is 24.6 Å². The van der Waals surface area contributed by atoms with Crippen LogP contribution in [-0.2, 0) is 25.5 Å². The average Bonchev–Trinajstić information content (AvgIpc) is 2.73. The van der Waals surface area contributed by atoms with Crippen LogP contribution in [0.3, 0.4) is 0 Å². The SMILES string of the molecule is O=C1CC(OC(=O)CCc2ccccc2)CO1. The topological polar surface area (TPSA) is 52.6 Å². The van der Waals surface area contributed by atoms with Gasteiger partial charge >= 0.3 is 11.9 Å². The lowest BCUT2D eigenvalue weighted by atomic mass is 10.1. The zero-order valence-electron chi connectivity index (χ0n) is 9.43. The van der Waals surface area contributed by atoms with Gasteiger partial charge in [-0.2, -0.15) is 0 Å². The summed E-state index contributed by atoms with van der Waals surface area (Å²) in [6.45, 7) is 0.190. The Morgan fingerprint density at radius 1 is 1.35 bits per heavy atom. The van der Waals surface area contributed by atoms with Crippen LogP contribution < -0.4 is 0 Å². The highest BCUT2D eigenvalue weighted by atomic mass is 16.6. The molecule has 0 bridgehead atoms. The van der Waals surface area contributed by atoms with E-state index in [-0.39, 0.29) is 25.0 Å². The van der Waals surface area contributed by atoms with Gasteiger partial charge in [-0.15, -0.1) is 0 Å². The van der Waals surface area contributed by atoms with Crippen LogP contribution in [0.15, 0.2) is 30.3 Å². The average molecular weight is 234 g/mol. The second kappa shape index (κ2) is 5.48. The Morgan fingerprint density at radius 3 is 2.76 bits per heavy atom. The summed E-state index contributed by atoms with van der Waals surface area (Å²) in [4.78, 5) is 22.3. The van der Waals surface area contributed by atoms with E-state index in [0.717, 1.165) is 5.56 Å². The first kappa shape index (κ1) is 11.6. The summed E-state index contributed by atoms with van der Waals surface area (Å²) in [5, 5.41) is 0. The van der Waals surface area contributed by atoms with E-state index in [1.54, 1.807) is 0 Å². The maximum Gasteiger partial charge on any atom is 0.309 e. The second-order valence-electron chi connectivity index (χ2n) is 3.98. The Kier molecular flexibility index (Phi) is 3.75. The van der Waals surface area contributed by atoms with Crippen LogP contribution in [0.5, 0.6) is 0 Å². The van der Waals surface area contributed by atoms with Gasteiger partial charge in [-0.25, -0.2) is 0 Å². The van der Waals surface area contributed by atoms with Gasteiger partial charge in [-0.3, -0.25) is 9.59 Å². The molecule has 1 heterocycles. The van der Waals surface area contributed by atoms with Crippen LogP contribution in [0.25, 0.3) is 0 Å². The first-order valence-electron chi connectivity index (χ1n) is 5.63. The van der Waals surface area contributed by atoms with Crippen molar-refractivity contribution in [2.45, 2.75) is 25.4 Å². The lowest BCUT2D eigenvalue weighted by molar-refractivity contribution is -0.149. The molecular weight excluding hydrogens is 220 g/mol. The Bertz CT molecular complexity index is 399. The molecule has 1 aliphatic heterocycles. The lowest BCUT2D eigenvalue weighted by Gasteiger charge is -2.08. The molecule has 1 aromatic carbocycles. The van der Waals surface area contributed by atoms with E-state index in [9.17, 15) is 9.59 Å². The quantitative estimate of drug-likeness (QED) is 0.740. The molecule has 0 saturated carbocycles. The molecule has 0 N–H and O–H groups in total. The summed E-state index contributed by atoms with van der Waals surface area (Å²) in [6, 6.07) is 9.74. The van der Waals surface area contributed by atoms with Crippen LogP contribution in [0.4, 0.5) is 0 Å². The van der Waals surface area contributed by atoms with Gasteiger partial charge in [0.2, 0.25) is 0 Å². The van der Waals surface area contributed by atoms with E-state index in [1.807, 2.05) is 30.3 Å². The van der Waals surface area contributed by atoms with Gasteiger partial charge in [0.1, 0.15) is 12.7 Å². The van der Waals surface area contributed by atoms with Gasteiger partial charge in [0.25, 0.3) is 0 Å². The minimum absolute atomic E-state index is 0.178. The minimum atomic E-state index is -0.397. The maximum atomic E-state index is 11.5. The van der Waals surface area contributed by atoms with Crippen LogP contribution in [0.2, 0.25) is 0 Å². The Labute approximate surface area is 99.5 Å². The molecule has 4 nitrogen and oxygen atoms in total. The van der Waals surface area contributed by atoms with Crippen LogP contribution in [0, 0.1) is 0 Å². The first-order chi connectivity index (χ1) is 8.24. The molecule has 0 amide bonds. The number of ether oxygens (including phenoxy) is 2. The molecule has 90 valence electrons. The number of cyclic esters (lactones) is 1. The van der Waals surface area contributed by atoms with Gasteiger partial charge in [0, 0.05) is 6.42 Å². The van der Waals surface area contributed by atoms with E-state index < -0.39 is 6.10 Å². The number of hydrogen-bond donors (Lipinski definition) is 0. The lowest BCUT2D eigenvalue weighted by Crippen LogP contribution is -2.18. The van der Waals surface area contributed by atoms with E-state index in [0.29, 0.717) is 12.8 Å². The maximum absolute atomic E-state index is 11.5. The third-order valence-corrected chi connectivity index (χ3v) is 2.58. The van der Waals surface area contributed by atoms with Crippen molar-refractivity contribution in [3.8, 4) is 0 Å². The van der Waals surface area contributed by atoms with Crippen molar-refractivity contribution in [1.82, 2.24) is 0 Å². The third kappa shape index (κ3) is 3.59. The molecule has 1 saturated heterocycles. The molecule has 0 aromatic heterocycles. The van der Waals surface area contributed by atoms with Gasteiger partial charge in [-0.1, -0.05) is 30.3 Å². The summed E-state index contributed by atoms with van der Waals surface area (Å²) in [5.41, 5.74) is 1.10. The molecule has 4 heteroatoms. The highest BCUT2D eigenvalue weighted by molar-refractivity contribution is 5.74. The number of carbonyl (C=O) groups excluding carboxylic acids is 2. The molecule has 1 atom stereocenters. The fourth-order valence-corrected chi connectivity index (χ4v) is 1.70. The van der Waals surface area contributed by atoms with Crippen molar-refractivity contribution in [2.24, 2.45) is 0 Å². The van der Waals surface area contributed by atoms with Gasteiger partial charge in [-0.05, 0) is 12.0 Å². The fourth-order valence-electron chi connectivity index (χ4n) is 1.70. The van der Waals surface area contributed by atoms with Crippen LogP contribution in [0.1, 0.15) is 18.4 Å². The summed E-state index contributed by atoms with van der Waals surface area (Å²) >= 11 is 0. The van der Waals surface area contributed by atoms with Crippen molar-refractivity contribution in [2.75, 3.05) is 6.61 Å². The fraction of sp³-hybridized carbons (Fsp3) is 0.385. The third-order valence-electron chi connectivity index (χ3n) is 2.58. The molecule has 0 aliphatic carbocycles.